The molecular formula is C26H34N6O2. The van der Waals surface area contributed by atoms with Crippen LogP contribution in [0, 0.1) is 19.8 Å². The number of fused-ring (bicyclic) bond motifs is 1. The number of para-hydroxylation sites is 1. The van der Waals surface area contributed by atoms with E-state index in [1.54, 1.807) is 0 Å². The number of nitrogens with zero attached hydrogens (tertiary/aromatic N) is 3. The third kappa shape index (κ3) is 4.90. The van der Waals surface area contributed by atoms with Crippen molar-refractivity contribution in [2.24, 2.45) is 5.92 Å². The van der Waals surface area contributed by atoms with Crippen molar-refractivity contribution in [2.75, 3.05) is 30.9 Å². The minimum Gasteiger partial charge on any atom is -0.362 e. The van der Waals surface area contributed by atoms with Crippen molar-refractivity contribution in [3.63, 3.8) is 0 Å². The summed E-state index contributed by atoms with van der Waals surface area (Å²) in [6, 6.07) is 8.38. The molecule has 4 rings (SSSR count). The number of ketones is 1. The topological polar surface area (TPSA) is 103 Å². The van der Waals surface area contributed by atoms with Gasteiger partial charge in [-0.1, -0.05) is 12.1 Å². The van der Waals surface area contributed by atoms with Crippen LogP contribution in [0.15, 0.2) is 24.3 Å². The minimum absolute atomic E-state index is 0.0239. The summed E-state index contributed by atoms with van der Waals surface area (Å²) in [4.78, 5) is 39.1. The molecule has 1 fully saturated rings. The lowest BCUT2D eigenvalue weighted by Crippen LogP contribution is -2.34. The summed E-state index contributed by atoms with van der Waals surface area (Å²) in [6.45, 7) is 5.81. The van der Waals surface area contributed by atoms with Crippen molar-refractivity contribution in [2.45, 2.75) is 52.5 Å². The molecular weight excluding hydrogens is 428 g/mol. The van der Waals surface area contributed by atoms with E-state index in [-0.39, 0.29) is 11.7 Å². The maximum Gasteiger partial charge on any atom is 0.268 e. The number of aromatic amines is 1. The van der Waals surface area contributed by atoms with Crippen molar-refractivity contribution in [3.8, 4) is 0 Å². The molecule has 0 aliphatic heterocycles. The molecule has 0 saturated heterocycles. The first-order valence-corrected chi connectivity index (χ1v) is 11.9. The van der Waals surface area contributed by atoms with Crippen molar-refractivity contribution in [3.05, 3.63) is 46.8 Å². The largest absolute Gasteiger partial charge is 0.362 e. The lowest BCUT2D eigenvalue weighted by Gasteiger charge is -2.29. The first kappa shape index (κ1) is 23.7. The van der Waals surface area contributed by atoms with Crippen molar-refractivity contribution in [1.29, 1.82) is 0 Å². The van der Waals surface area contributed by atoms with Crippen LogP contribution < -0.4 is 15.5 Å². The molecule has 1 saturated carbocycles. The number of hydrogen-bond donors (Lipinski definition) is 3. The number of rotatable bonds is 7. The zero-order chi connectivity index (χ0) is 24.4. The lowest BCUT2D eigenvalue weighted by molar-refractivity contribution is 0.0938. The average molecular weight is 463 g/mol. The summed E-state index contributed by atoms with van der Waals surface area (Å²) < 4.78 is 0. The summed E-state index contributed by atoms with van der Waals surface area (Å²) in [5.41, 5.74) is 3.51. The average Bonchev–Trinajstić information content (AvgIpc) is 3.11. The minimum atomic E-state index is -0.144. The van der Waals surface area contributed by atoms with Crippen LogP contribution in [0.3, 0.4) is 0 Å². The second-order valence-electron chi connectivity index (χ2n) is 9.54. The standard InChI is InChI=1S/C26H34N6O2/c1-15-22(17(3)33)16(2)28-23(15)25(34)27-14-18-10-12-19(13-11-18)29-26-30-21-9-7-6-8-20(21)24(31-26)32(4)5/h6-9,18-19,28H,10-14H2,1-5H3,(H,27,34)(H,29,30,31). The third-order valence-corrected chi connectivity index (χ3v) is 6.75. The second kappa shape index (κ2) is 9.83. The molecule has 0 radical (unpaired) electrons. The van der Waals surface area contributed by atoms with Crippen LogP contribution in [0.5, 0.6) is 0 Å². The van der Waals surface area contributed by atoms with Gasteiger partial charge in [-0.3, -0.25) is 9.59 Å². The highest BCUT2D eigenvalue weighted by Gasteiger charge is 2.24. The highest BCUT2D eigenvalue weighted by molar-refractivity contribution is 6.02. The molecule has 1 aliphatic carbocycles. The summed E-state index contributed by atoms with van der Waals surface area (Å²) in [7, 11) is 3.99. The van der Waals surface area contributed by atoms with Gasteiger partial charge in [0.2, 0.25) is 5.95 Å². The fraction of sp³-hybridized carbons (Fsp3) is 0.462. The molecule has 1 aromatic carbocycles. The highest BCUT2D eigenvalue weighted by atomic mass is 16.2. The number of aryl methyl sites for hydroxylation is 1. The Morgan fingerprint density at radius 3 is 2.44 bits per heavy atom. The summed E-state index contributed by atoms with van der Waals surface area (Å²) in [5, 5.41) is 7.64. The van der Waals surface area contributed by atoms with Gasteiger partial charge in [0, 0.05) is 43.3 Å². The normalized spacial score (nSPS) is 18.0. The van der Waals surface area contributed by atoms with Crippen molar-refractivity contribution < 1.29 is 9.59 Å². The fourth-order valence-corrected chi connectivity index (χ4v) is 4.99. The molecule has 2 heterocycles. The number of carbonyl (C=O) groups is 2. The van der Waals surface area contributed by atoms with Crippen LogP contribution in [0.1, 0.15) is 64.7 Å². The van der Waals surface area contributed by atoms with Gasteiger partial charge in [0.25, 0.3) is 5.91 Å². The van der Waals surface area contributed by atoms with Gasteiger partial charge in [-0.15, -0.1) is 0 Å². The second-order valence-corrected chi connectivity index (χ2v) is 9.54. The van der Waals surface area contributed by atoms with E-state index < -0.39 is 0 Å². The number of hydrogen-bond acceptors (Lipinski definition) is 6. The molecule has 3 N–H and O–H groups in total. The molecule has 0 atom stereocenters. The van der Waals surface area contributed by atoms with E-state index in [2.05, 4.69) is 15.6 Å². The van der Waals surface area contributed by atoms with Gasteiger partial charge in [0.1, 0.15) is 11.5 Å². The number of amides is 1. The Morgan fingerprint density at radius 2 is 1.79 bits per heavy atom. The molecule has 0 bridgehead atoms. The van der Waals surface area contributed by atoms with Crippen LogP contribution in [0.4, 0.5) is 11.8 Å². The van der Waals surface area contributed by atoms with E-state index in [0.29, 0.717) is 35.7 Å². The smallest absolute Gasteiger partial charge is 0.268 e. The number of benzene rings is 1. The first-order chi connectivity index (χ1) is 16.2. The van der Waals surface area contributed by atoms with E-state index in [0.717, 1.165) is 53.7 Å². The van der Waals surface area contributed by atoms with Gasteiger partial charge in [-0.2, -0.15) is 4.98 Å². The van der Waals surface area contributed by atoms with Crippen LogP contribution in [0.25, 0.3) is 10.9 Å². The molecule has 34 heavy (non-hydrogen) atoms. The fourth-order valence-electron chi connectivity index (χ4n) is 4.99. The number of carbonyl (C=O) groups excluding carboxylic acids is 2. The van der Waals surface area contributed by atoms with Gasteiger partial charge in [0.15, 0.2) is 5.78 Å². The Hall–Kier alpha value is -3.42. The molecule has 180 valence electrons. The predicted molar refractivity (Wildman–Crippen MR) is 136 cm³/mol. The Morgan fingerprint density at radius 1 is 1.09 bits per heavy atom. The van der Waals surface area contributed by atoms with Crippen molar-refractivity contribution in [1.82, 2.24) is 20.3 Å². The Kier molecular flexibility index (Phi) is 6.86. The molecule has 3 aromatic rings. The number of aromatic nitrogens is 3. The molecule has 2 aromatic heterocycles. The Balaban J connectivity index is 1.32. The summed E-state index contributed by atoms with van der Waals surface area (Å²) in [5.74, 6) is 1.84. The van der Waals surface area contributed by atoms with E-state index in [1.807, 2.05) is 57.1 Å². The Bertz CT molecular complexity index is 1210. The maximum atomic E-state index is 12.7. The first-order valence-electron chi connectivity index (χ1n) is 11.9. The number of Topliss-reactive ketones (excluding diaryl/α,β-unsaturated/α-hetero) is 1. The zero-order valence-corrected chi connectivity index (χ0v) is 20.7. The monoisotopic (exact) mass is 462 g/mol. The molecule has 8 heteroatoms. The number of nitrogens with one attached hydrogen (secondary N) is 3. The van der Waals surface area contributed by atoms with E-state index in [1.165, 1.54) is 6.92 Å². The Labute approximate surface area is 200 Å². The molecule has 1 aliphatic rings. The van der Waals surface area contributed by atoms with Gasteiger partial charge in [-0.25, -0.2) is 4.98 Å². The van der Waals surface area contributed by atoms with Crippen LogP contribution in [-0.4, -0.2) is 53.3 Å². The quantitative estimate of drug-likeness (QED) is 0.454. The number of anilines is 2. The van der Waals surface area contributed by atoms with Crippen LogP contribution in [0.2, 0.25) is 0 Å². The third-order valence-electron chi connectivity index (χ3n) is 6.75. The summed E-state index contributed by atoms with van der Waals surface area (Å²) >= 11 is 0. The van der Waals surface area contributed by atoms with Gasteiger partial charge in [-0.05, 0) is 70.1 Å². The van der Waals surface area contributed by atoms with Crippen molar-refractivity contribution >= 4 is 34.4 Å². The van der Waals surface area contributed by atoms with Crippen LogP contribution in [-0.2, 0) is 0 Å². The van der Waals surface area contributed by atoms with E-state index in [4.69, 9.17) is 9.97 Å². The molecule has 0 unspecified atom stereocenters. The van der Waals surface area contributed by atoms with Gasteiger partial charge in [0.05, 0.1) is 5.52 Å². The predicted octanol–water partition coefficient (Wildman–Crippen LogP) is 4.24. The zero-order valence-electron chi connectivity index (χ0n) is 20.7. The SMILES string of the molecule is CC(=O)c1c(C)[nH]c(C(=O)NCC2CCC(Nc3nc(N(C)C)c4ccccc4n3)CC2)c1C. The molecule has 0 spiro atoms. The van der Waals surface area contributed by atoms with Gasteiger partial charge >= 0.3 is 0 Å². The molecule has 8 nitrogen and oxygen atoms in total. The van der Waals surface area contributed by atoms with Gasteiger partial charge < -0.3 is 20.5 Å². The van der Waals surface area contributed by atoms with E-state index >= 15 is 0 Å². The highest BCUT2D eigenvalue weighted by Crippen LogP contribution is 2.28. The lowest BCUT2D eigenvalue weighted by atomic mass is 9.86. The van der Waals surface area contributed by atoms with E-state index in [9.17, 15) is 9.59 Å². The summed E-state index contributed by atoms with van der Waals surface area (Å²) in [6.07, 6.45) is 4.05. The van der Waals surface area contributed by atoms with Crippen LogP contribution >= 0.6 is 0 Å². The maximum absolute atomic E-state index is 12.7. The number of H-pyrrole nitrogens is 1. The molecule has 1 amide bonds.